The quantitative estimate of drug-likeness (QED) is 0.706. The number of rotatable bonds is 4. The lowest BCUT2D eigenvalue weighted by molar-refractivity contribution is 0.0743. The molecule has 180 valence electrons. The zero-order valence-corrected chi connectivity index (χ0v) is 19.3. The van der Waals surface area contributed by atoms with Crippen molar-refractivity contribution in [2.24, 2.45) is 0 Å². The molecule has 2 aromatic rings. The molecule has 3 amide bonds. The Bertz CT molecular complexity index is 1020. The summed E-state index contributed by atoms with van der Waals surface area (Å²) in [6.45, 7) is 5.28. The van der Waals surface area contributed by atoms with Gasteiger partial charge in [0.1, 0.15) is 0 Å². The molecule has 2 aliphatic heterocycles. The predicted molar refractivity (Wildman–Crippen MR) is 128 cm³/mol. The number of piperazine rings is 1. The van der Waals surface area contributed by atoms with Crippen LogP contribution in [0, 0.1) is 0 Å². The van der Waals surface area contributed by atoms with E-state index in [0.717, 1.165) is 25.2 Å². The smallest absolute Gasteiger partial charge is 0.411 e. The normalized spacial score (nSPS) is 16.6. The summed E-state index contributed by atoms with van der Waals surface area (Å²) in [5.74, 6) is -0.0845. The lowest BCUT2D eigenvalue weighted by atomic mass is 10.1. The monoisotopic (exact) mass is 466 g/mol. The first-order valence-electron chi connectivity index (χ1n) is 11.5. The number of ether oxygens (including phenoxy) is 1. The van der Waals surface area contributed by atoms with Gasteiger partial charge in [0.25, 0.3) is 11.8 Å². The van der Waals surface area contributed by atoms with Crippen LogP contribution in [0.4, 0.5) is 16.2 Å². The second-order valence-electron chi connectivity index (χ2n) is 8.26. The zero-order chi connectivity index (χ0) is 23.9. The molecule has 0 atom stereocenters. The number of hydrogen-bond acceptors (Lipinski definition) is 7. The molecule has 3 heterocycles. The van der Waals surface area contributed by atoms with Gasteiger partial charge < -0.3 is 24.8 Å². The Kier molecular flexibility index (Phi) is 7.58. The molecule has 4 rings (SSSR count). The topological polar surface area (TPSA) is 107 Å². The minimum atomic E-state index is -0.601. The number of carbonyl (C=O) groups is 3. The van der Waals surface area contributed by atoms with Crippen molar-refractivity contribution in [3.63, 3.8) is 0 Å². The number of amides is 3. The Labute approximate surface area is 198 Å². The van der Waals surface area contributed by atoms with Crippen LogP contribution in [0.15, 0.2) is 42.7 Å². The summed E-state index contributed by atoms with van der Waals surface area (Å²) in [4.78, 5) is 47.6. The van der Waals surface area contributed by atoms with Crippen LogP contribution in [0.2, 0.25) is 0 Å². The van der Waals surface area contributed by atoms with E-state index in [1.54, 1.807) is 36.7 Å². The van der Waals surface area contributed by atoms with Crippen molar-refractivity contribution in [2.45, 2.75) is 6.42 Å². The molecular weight excluding hydrogens is 436 g/mol. The van der Waals surface area contributed by atoms with E-state index in [-0.39, 0.29) is 11.8 Å². The van der Waals surface area contributed by atoms with E-state index >= 15 is 0 Å². The lowest BCUT2D eigenvalue weighted by Gasteiger charge is -2.37. The van der Waals surface area contributed by atoms with Crippen molar-refractivity contribution >= 4 is 29.3 Å². The molecule has 0 spiro atoms. The Morgan fingerprint density at radius 1 is 0.882 bits per heavy atom. The zero-order valence-electron chi connectivity index (χ0n) is 19.3. The summed E-state index contributed by atoms with van der Waals surface area (Å²) in [7, 11) is 1.30. The number of pyridine rings is 1. The van der Waals surface area contributed by atoms with Crippen LogP contribution in [0.5, 0.6) is 0 Å². The third-order valence-electron chi connectivity index (χ3n) is 6.13. The van der Waals surface area contributed by atoms with Gasteiger partial charge in [-0.15, -0.1) is 0 Å². The highest BCUT2D eigenvalue weighted by atomic mass is 16.5. The maximum Gasteiger partial charge on any atom is 0.411 e. The molecular formula is C24H30N6O4. The van der Waals surface area contributed by atoms with Crippen LogP contribution in [0.25, 0.3) is 0 Å². The molecule has 10 nitrogen and oxygen atoms in total. The first kappa shape index (κ1) is 23.5. The van der Waals surface area contributed by atoms with Gasteiger partial charge in [0, 0.05) is 69.3 Å². The first-order chi connectivity index (χ1) is 16.6. The van der Waals surface area contributed by atoms with Crippen LogP contribution in [-0.4, -0.2) is 92.2 Å². The van der Waals surface area contributed by atoms with Crippen molar-refractivity contribution in [3.05, 3.63) is 53.9 Å². The average Bonchev–Trinajstić information content (AvgIpc) is 3.18. The minimum absolute atomic E-state index is 0.0251. The Hall–Kier alpha value is -3.66. The average molecular weight is 467 g/mol. The number of nitrogens with one attached hydrogen (secondary N) is 2. The third kappa shape index (κ3) is 5.45. The fourth-order valence-electron chi connectivity index (χ4n) is 4.26. The van der Waals surface area contributed by atoms with Crippen LogP contribution in [0.1, 0.15) is 27.1 Å². The largest absolute Gasteiger partial charge is 0.453 e. The number of hydrogen-bond donors (Lipinski definition) is 2. The van der Waals surface area contributed by atoms with E-state index < -0.39 is 6.09 Å². The molecule has 1 aromatic carbocycles. The summed E-state index contributed by atoms with van der Waals surface area (Å²) in [5.41, 5.74) is 2.43. The molecule has 0 saturated carbocycles. The Morgan fingerprint density at radius 2 is 1.59 bits per heavy atom. The molecule has 0 aliphatic carbocycles. The highest BCUT2D eigenvalue weighted by Gasteiger charge is 2.25. The van der Waals surface area contributed by atoms with Gasteiger partial charge in [-0.05, 0) is 43.3 Å². The Balaban J connectivity index is 1.50. The molecule has 0 radical (unpaired) electrons. The van der Waals surface area contributed by atoms with Gasteiger partial charge in [0.05, 0.1) is 18.5 Å². The van der Waals surface area contributed by atoms with Crippen molar-refractivity contribution in [3.8, 4) is 0 Å². The third-order valence-corrected chi connectivity index (χ3v) is 6.13. The molecule has 2 N–H and O–H groups in total. The molecule has 0 unspecified atom stereocenters. The molecule has 2 aliphatic rings. The number of aromatic nitrogens is 1. The number of benzene rings is 1. The maximum absolute atomic E-state index is 13.1. The van der Waals surface area contributed by atoms with Gasteiger partial charge in [0.15, 0.2) is 0 Å². The minimum Gasteiger partial charge on any atom is -0.453 e. The summed E-state index contributed by atoms with van der Waals surface area (Å²) >= 11 is 0. The summed E-state index contributed by atoms with van der Waals surface area (Å²) in [6, 6.07) is 8.79. The Morgan fingerprint density at radius 3 is 2.32 bits per heavy atom. The van der Waals surface area contributed by atoms with Gasteiger partial charge in [-0.2, -0.15) is 0 Å². The van der Waals surface area contributed by atoms with E-state index in [1.807, 2.05) is 15.9 Å². The van der Waals surface area contributed by atoms with E-state index in [2.05, 4.69) is 20.5 Å². The van der Waals surface area contributed by atoms with Gasteiger partial charge in [0.2, 0.25) is 0 Å². The predicted octanol–water partition coefficient (Wildman–Crippen LogP) is 1.66. The van der Waals surface area contributed by atoms with Gasteiger partial charge in [-0.25, -0.2) is 4.79 Å². The summed E-state index contributed by atoms with van der Waals surface area (Å²) in [6.07, 6.45) is 3.52. The number of anilines is 2. The number of methoxy groups -OCH3 is 1. The first-order valence-corrected chi connectivity index (χ1v) is 11.5. The van der Waals surface area contributed by atoms with Gasteiger partial charge in [-0.3, -0.25) is 19.9 Å². The maximum atomic E-state index is 13.1. The van der Waals surface area contributed by atoms with Crippen molar-refractivity contribution in [1.82, 2.24) is 20.1 Å². The van der Waals surface area contributed by atoms with E-state index in [9.17, 15) is 14.4 Å². The fraction of sp³-hybridized carbons (Fsp3) is 0.417. The lowest BCUT2D eigenvalue weighted by Crippen LogP contribution is -2.49. The summed E-state index contributed by atoms with van der Waals surface area (Å²) in [5, 5.41) is 6.05. The van der Waals surface area contributed by atoms with Crippen LogP contribution >= 0.6 is 0 Å². The van der Waals surface area contributed by atoms with E-state index in [4.69, 9.17) is 4.74 Å². The molecule has 0 bridgehead atoms. The van der Waals surface area contributed by atoms with E-state index in [0.29, 0.717) is 56.1 Å². The second-order valence-corrected chi connectivity index (χ2v) is 8.26. The highest BCUT2D eigenvalue weighted by Crippen LogP contribution is 2.29. The van der Waals surface area contributed by atoms with E-state index in [1.165, 1.54) is 7.11 Å². The van der Waals surface area contributed by atoms with Gasteiger partial charge in [-0.1, -0.05) is 0 Å². The van der Waals surface area contributed by atoms with Crippen LogP contribution in [-0.2, 0) is 4.74 Å². The highest BCUT2D eigenvalue weighted by molar-refractivity contribution is 5.99. The second kappa shape index (κ2) is 11.0. The number of nitrogens with zero attached hydrogens (tertiary/aromatic N) is 4. The fourth-order valence-corrected chi connectivity index (χ4v) is 4.26. The molecule has 2 saturated heterocycles. The molecule has 10 heteroatoms. The van der Waals surface area contributed by atoms with Crippen LogP contribution in [0.3, 0.4) is 0 Å². The van der Waals surface area contributed by atoms with Crippen molar-refractivity contribution < 1.29 is 19.1 Å². The van der Waals surface area contributed by atoms with Crippen LogP contribution < -0.4 is 15.5 Å². The summed E-state index contributed by atoms with van der Waals surface area (Å²) < 4.78 is 4.80. The standard InChI is InChI=1S/C24H30N6O4/c1-34-24(33)27-20-17-19(23(32)29-11-2-7-25-10-12-29)3-4-21(20)28-13-15-30(16-14-28)22(31)18-5-8-26-9-6-18/h3-6,8-9,17,25H,2,7,10-16H2,1H3,(H,27,33). The van der Waals surface area contributed by atoms with Crippen molar-refractivity contribution in [2.75, 3.05) is 69.7 Å². The molecule has 1 aromatic heterocycles. The SMILES string of the molecule is COC(=O)Nc1cc(C(=O)N2CCCNCC2)ccc1N1CCN(C(=O)c2ccncc2)CC1. The van der Waals surface area contributed by atoms with Gasteiger partial charge >= 0.3 is 6.09 Å². The number of carbonyl (C=O) groups excluding carboxylic acids is 3. The van der Waals surface area contributed by atoms with Crippen molar-refractivity contribution in [1.29, 1.82) is 0 Å². The molecule has 34 heavy (non-hydrogen) atoms. The molecule has 2 fully saturated rings.